The number of carbonyl (C=O) groups excluding carboxylic acids is 1. The van der Waals surface area contributed by atoms with Gasteiger partial charge in [-0.3, -0.25) is 0 Å². The molecule has 0 radical (unpaired) electrons. The van der Waals surface area contributed by atoms with E-state index in [1.807, 2.05) is 0 Å². The summed E-state index contributed by atoms with van der Waals surface area (Å²) in [5, 5.41) is 15.2. The fourth-order valence-electron chi connectivity index (χ4n) is 2.99. The second kappa shape index (κ2) is 7.50. The minimum Gasteiger partial charge on any atom is -0.444 e. The van der Waals surface area contributed by atoms with Crippen molar-refractivity contribution in [2.24, 2.45) is 0 Å². The minimum absolute atomic E-state index is 0.0951. The molecule has 9 heteroatoms. The van der Waals surface area contributed by atoms with Crippen LogP contribution in [0.15, 0.2) is 16.6 Å². The van der Waals surface area contributed by atoms with Gasteiger partial charge in [-0.05, 0) is 58.2 Å². The van der Waals surface area contributed by atoms with Gasteiger partial charge >= 0.3 is 12.3 Å². The van der Waals surface area contributed by atoms with Crippen molar-refractivity contribution in [1.29, 1.82) is 0 Å². The number of hydrogen-bond donors (Lipinski definition) is 3. The normalized spacial score (nSPS) is 22.8. The Morgan fingerprint density at radius 1 is 1.33 bits per heavy atom. The lowest BCUT2D eigenvalue weighted by atomic mass is 9.77. The highest BCUT2D eigenvalue weighted by Crippen LogP contribution is 2.42. The minimum atomic E-state index is -4.57. The van der Waals surface area contributed by atoms with Crippen molar-refractivity contribution >= 4 is 27.7 Å². The van der Waals surface area contributed by atoms with Crippen molar-refractivity contribution < 1.29 is 27.8 Å². The lowest BCUT2D eigenvalue weighted by molar-refractivity contribution is -0.137. The van der Waals surface area contributed by atoms with E-state index in [-0.39, 0.29) is 28.3 Å². The number of ether oxygens (including phenoxy) is 1. The van der Waals surface area contributed by atoms with Crippen LogP contribution in [0.3, 0.4) is 0 Å². The Hall–Kier alpha value is -1.48. The van der Waals surface area contributed by atoms with Crippen LogP contribution in [0.2, 0.25) is 0 Å². The van der Waals surface area contributed by atoms with Gasteiger partial charge in [0.05, 0.1) is 16.9 Å². The van der Waals surface area contributed by atoms with Gasteiger partial charge in [0, 0.05) is 17.1 Å². The maximum atomic E-state index is 13.5. The summed E-state index contributed by atoms with van der Waals surface area (Å²) in [7, 11) is 0. The Morgan fingerprint density at radius 3 is 2.41 bits per heavy atom. The van der Waals surface area contributed by atoms with Crippen LogP contribution in [-0.4, -0.2) is 28.4 Å². The van der Waals surface area contributed by atoms with E-state index < -0.39 is 29.0 Å². The predicted octanol–water partition coefficient (Wildman–Crippen LogP) is 4.82. The molecule has 0 unspecified atom stereocenters. The maximum absolute atomic E-state index is 13.5. The third-order valence-electron chi connectivity index (χ3n) is 4.03. The van der Waals surface area contributed by atoms with E-state index in [0.29, 0.717) is 12.8 Å². The lowest BCUT2D eigenvalue weighted by Crippen LogP contribution is -2.48. The fraction of sp³-hybridized carbons (Fsp3) is 0.611. The predicted molar refractivity (Wildman–Crippen MR) is 99.5 cm³/mol. The quantitative estimate of drug-likeness (QED) is 0.612. The van der Waals surface area contributed by atoms with Crippen LogP contribution in [0.25, 0.3) is 0 Å². The van der Waals surface area contributed by atoms with Gasteiger partial charge in [0.25, 0.3) is 0 Å². The molecule has 0 heterocycles. The highest BCUT2D eigenvalue weighted by atomic mass is 79.9. The SMILES string of the molecule is CC1(O)CC(Nc2c(CNC(=O)OC(C)(C)C)cc(Br)cc2C(F)(F)F)C1. The summed E-state index contributed by atoms with van der Waals surface area (Å²) >= 11 is 3.10. The van der Waals surface area contributed by atoms with Crippen LogP contribution in [0.4, 0.5) is 23.7 Å². The fourth-order valence-corrected chi connectivity index (χ4v) is 3.49. The van der Waals surface area contributed by atoms with E-state index in [1.165, 1.54) is 6.07 Å². The summed E-state index contributed by atoms with van der Waals surface area (Å²) in [4.78, 5) is 11.9. The van der Waals surface area contributed by atoms with Gasteiger partial charge in [0.2, 0.25) is 0 Å². The van der Waals surface area contributed by atoms with Crippen molar-refractivity contribution in [1.82, 2.24) is 5.32 Å². The summed E-state index contributed by atoms with van der Waals surface area (Å²) in [6.45, 7) is 6.60. The van der Waals surface area contributed by atoms with E-state index in [9.17, 15) is 23.1 Å². The Bertz CT molecular complexity index is 707. The molecule has 0 spiro atoms. The topological polar surface area (TPSA) is 70.6 Å². The summed E-state index contributed by atoms with van der Waals surface area (Å²) in [6.07, 6.45) is -4.59. The third-order valence-corrected chi connectivity index (χ3v) is 4.49. The van der Waals surface area contributed by atoms with Crippen molar-refractivity contribution in [3.8, 4) is 0 Å². The Labute approximate surface area is 164 Å². The summed E-state index contributed by atoms with van der Waals surface area (Å²) < 4.78 is 46.0. The molecule has 5 nitrogen and oxygen atoms in total. The van der Waals surface area contributed by atoms with Gasteiger partial charge in [-0.1, -0.05) is 15.9 Å². The van der Waals surface area contributed by atoms with Gasteiger partial charge in [-0.25, -0.2) is 4.79 Å². The molecule has 0 saturated heterocycles. The Balaban J connectivity index is 2.26. The Morgan fingerprint density at radius 2 is 1.93 bits per heavy atom. The Kier molecular flexibility index (Phi) is 6.06. The van der Waals surface area contributed by atoms with Crippen LogP contribution in [0, 0.1) is 0 Å². The second-order valence-corrected chi connectivity index (χ2v) is 9.00. The standard InChI is InChI=1S/C18H24BrF3N2O3/c1-16(2,3)27-15(25)23-9-10-5-11(19)6-13(18(20,21)22)14(10)24-12-7-17(4,26)8-12/h5-6,12,24,26H,7-9H2,1-4H3,(H,23,25). The van der Waals surface area contributed by atoms with Gasteiger partial charge in [-0.15, -0.1) is 0 Å². The van der Waals surface area contributed by atoms with Crippen molar-refractivity contribution in [3.05, 3.63) is 27.7 Å². The van der Waals surface area contributed by atoms with E-state index >= 15 is 0 Å². The number of carbonyl (C=O) groups is 1. The molecule has 0 aromatic heterocycles. The number of aliphatic hydroxyl groups is 1. The average molecular weight is 453 g/mol. The lowest BCUT2D eigenvalue weighted by Gasteiger charge is -2.42. The molecule has 0 bridgehead atoms. The summed E-state index contributed by atoms with van der Waals surface area (Å²) in [6, 6.07) is 2.24. The maximum Gasteiger partial charge on any atom is 0.418 e. The zero-order valence-corrected chi connectivity index (χ0v) is 17.2. The van der Waals surface area contributed by atoms with Crippen molar-refractivity contribution in [3.63, 3.8) is 0 Å². The van der Waals surface area contributed by atoms with E-state index in [1.54, 1.807) is 27.7 Å². The molecule has 2 rings (SSSR count). The molecule has 1 aromatic carbocycles. The number of amides is 1. The summed E-state index contributed by atoms with van der Waals surface area (Å²) in [5.74, 6) is 0. The molecule has 1 fully saturated rings. The molecule has 27 heavy (non-hydrogen) atoms. The zero-order valence-electron chi connectivity index (χ0n) is 15.6. The molecule has 0 aliphatic heterocycles. The molecule has 152 valence electrons. The van der Waals surface area contributed by atoms with Gasteiger partial charge in [0.1, 0.15) is 5.60 Å². The zero-order chi connectivity index (χ0) is 20.6. The molecular formula is C18H24BrF3N2O3. The van der Waals surface area contributed by atoms with E-state index in [2.05, 4.69) is 26.6 Å². The molecule has 1 amide bonds. The molecule has 1 saturated carbocycles. The van der Waals surface area contributed by atoms with Crippen LogP contribution in [0.1, 0.15) is 51.7 Å². The van der Waals surface area contributed by atoms with Gasteiger partial charge < -0.3 is 20.5 Å². The monoisotopic (exact) mass is 452 g/mol. The number of hydrogen-bond acceptors (Lipinski definition) is 4. The number of anilines is 1. The van der Waals surface area contributed by atoms with Gasteiger partial charge in [0.15, 0.2) is 0 Å². The molecule has 1 aromatic rings. The van der Waals surface area contributed by atoms with Crippen molar-refractivity contribution in [2.75, 3.05) is 5.32 Å². The number of halogens is 4. The first kappa shape index (κ1) is 21.8. The van der Waals surface area contributed by atoms with Crippen molar-refractivity contribution in [2.45, 2.75) is 70.5 Å². The number of nitrogens with one attached hydrogen (secondary N) is 2. The smallest absolute Gasteiger partial charge is 0.418 e. The molecule has 1 aliphatic carbocycles. The van der Waals surface area contributed by atoms with E-state index in [0.717, 1.165) is 6.07 Å². The molecule has 1 aliphatic rings. The van der Waals surface area contributed by atoms with Gasteiger partial charge in [-0.2, -0.15) is 13.2 Å². The van der Waals surface area contributed by atoms with E-state index in [4.69, 9.17) is 4.74 Å². The van der Waals surface area contributed by atoms with Crippen LogP contribution in [0.5, 0.6) is 0 Å². The molecule has 3 N–H and O–H groups in total. The number of alkyl halides is 3. The summed E-state index contributed by atoms with van der Waals surface area (Å²) in [5.41, 5.74) is -2.24. The highest BCUT2D eigenvalue weighted by molar-refractivity contribution is 9.10. The largest absolute Gasteiger partial charge is 0.444 e. The van der Waals surface area contributed by atoms with Crippen LogP contribution in [-0.2, 0) is 17.5 Å². The number of alkyl carbamates (subject to hydrolysis) is 1. The average Bonchev–Trinajstić information content (AvgIpc) is 2.42. The second-order valence-electron chi connectivity index (χ2n) is 8.09. The van der Waals surface area contributed by atoms with Crippen LogP contribution >= 0.6 is 15.9 Å². The first-order chi connectivity index (χ1) is 12.2. The third kappa shape index (κ3) is 6.27. The molecule has 0 atom stereocenters. The molecular weight excluding hydrogens is 429 g/mol. The highest BCUT2D eigenvalue weighted by Gasteiger charge is 2.41. The first-order valence-electron chi connectivity index (χ1n) is 8.52. The first-order valence-corrected chi connectivity index (χ1v) is 9.31. The number of rotatable bonds is 4. The van der Waals surface area contributed by atoms with Crippen LogP contribution < -0.4 is 10.6 Å². The number of benzene rings is 1.